The van der Waals surface area contributed by atoms with Gasteiger partial charge in [-0.2, -0.15) is 0 Å². The second kappa shape index (κ2) is 10.3. The van der Waals surface area contributed by atoms with Gasteiger partial charge in [0.2, 0.25) is 0 Å². The lowest BCUT2D eigenvalue weighted by Gasteiger charge is -2.21. The van der Waals surface area contributed by atoms with Gasteiger partial charge in [-0.3, -0.25) is 9.13 Å². The average molecular weight is 620 g/mol. The molecule has 47 heavy (non-hydrogen) atoms. The highest BCUT2D eigenvalue weighted by atomic mass is 32.2. The summed E-state index contributed by atoms with van der Waals surface area (Å²) in [4.78, 5) is 17.5. The number of hydrogen-bond acceptors (Lipinski definition) is 4. The van der Waals surface area contributed by atoms with E-state index in [0.717, 1.165) is 33.5 Å². The normalized spacial score (nSPS) is 12.2. The molecule has 0 atom stereocenters. The van der Waals surface area contributed by atoms with Gasteiger partial charge in [0.15, 0.2) is 17.5 Å². The average Bonchev–Trinajstić information content (AvgIpc) is 3.66. The molecular weight excluding hydrogens is 595 g/mol. The third-order valence-corrected chi connectivity index (χ3v) is 10.1. The summed E-state index contributed by atoms with van der Waals surface area (Å²) in [6.45, 7) is 0. The number of rotatable bonds is 4. The molecule has 0 N–H and O–H groups in total. The van der Waals surface area contributed by atoms with Crippen molar-refractivity contribution in [1.82, 2.24) is 24.1 Å². The fourth-order valence-corrected chi connectivity index (χ4v) is 8.00. The van der Waals surface area contributed by atoms with Gasteiger partial charge in [0.25, 0.3) is 0 Å². The number of benzene rings is 6. The Balaban J connectivity index is 1.25. The highest BCUT2D eigenvalue weighted by Gasteiger charge is 2.27. The van der Waals surface area contributed by atoms with Gasteiger partial charge in [-0.05, 0) is 36.4 Å². The van der Waals surface area contributed by atoms with Crippen LogP contribution in [0.5, 0.6) is 0 Å². The Morgan fingerprint density at radius 3 is 1.79 bits per heavy atom. The first-order chi connectivity index (χ1) is 23.3. The first-order valence-electron chi connectivity index (χ1n) is 15.6. The molecule has 1 aliphatic heterocycles. The molecule has 6 heteroatoms. The lowest BCUT2D eigenvalue weighted by atomic mass is 10.1. The maximum atomic E-state index is 5.03. The van der Waals surface area contributed by atoms with E-state index in [1.54, 1.807) is 0 Å². The summed E-state index contributed by atoms with van der Waals surface area (Å²) in [5.74, 6) is 1.94. The second-order valence-corrected chi connectivity index (χ2v) is 12.8. The summed E-state index contributed by atoms with van der Waals surface area (Å²) in [7, 11) is 0. The number of hydrogen-bond donors (Lipinski definition) is 0. The zero-order chi connectivity index (χ0) is 30.9. The van der Waals surface area contributed by atoms with E-state index in [1.807, 2.05) is 72.4 Å². The quantitative estimate of drug-likeness (QED) is 0.197. The molecule has 0 unspecified atom stereocenters. The SMILES string of the molecule is c1ccc(-c2nc(-c3ccccc3)nc(-c3cccc(-n4c5ccccc5c5c6cccc7c6n(c54)-c4ccccc4S7)c3)n2)cc1. The fourth-order valence-electron chi connectivity index (χ4n) is 6.91. The lowest BCUT2D eigenvalue weighted by molar-refractivity contribution is 1.02. The Bertz CT molecular complexity index is 2600. The molecule has 0 aliphatic carbocycles. The smallest absolute Gasteiger partial charge is 0.164 e. The molecule has 0 radical (unpaired) electrons. The zero-order valence-corrected chi connectivity index (χ0v) is 25.9. The Morgan fingerprint density at radius 1 is 0.447 bits per heavy atom. The summed E-state index contributed by atoms with van der Waals surface area (Å²) >= 11 is 1.85. The minimum atomic E-state index is 0.637. The number of aromatic nitrogens is 5. The number of nitrogens with zero attached hydrogens (tertiary/aromatic N) is 5. The van der Waals surface area contributed by atoms with Gasteiger partial charge in [-0.15, -0.1) is 0 Å². The molecule has 0 bridgehead atoms. The minimum absolute atomic E-state index is 0.637. The van der Waals surface area contributed by atoms with E-state index in [4.69, 9.17) is 15.0 Å². The molecular formula is C41H25N5S. The largest absolute Gasteiger partial charge is 0.295 e. The molecule has 9 aromatic rings. The molecule has 0 amide bonds. The maximum Gasteiger partial charge on any atom is 0.164 e. The predicted molar refractivity (Wildman–Crippen MR) is 191 cm³/mol. The molecule has 0 saturated carbocycles. The number of para-hydroxylation sites is 3. The molecule has 1 aliphatic rings. The summed E-state index contributed by atoms with van der Waals surface area (Å²) < 4.78 is 4.87. The molecule has 6 aromatic carbocycles. The van der Waals surface area contributed by atoms with Gasteiger partial charge in [0.05, 0.1) is 16.7 Å². The van der Waals surface area contributed by atoms with Crippen LogP contribution in [0, 0.1) is 0 Å². The maximum absolute atomic E-state index is 5.03. The van der Waals surface area contributed by atoms with Crippen LogP contribution in [0.25, 0.3) is 78.4 Å². The van der Waals surface area contributed by atoms with Crippen LogP contribution in [0.4, 0.5) is 0 Å². The van der Waals surface area contributed by atoms with Gasteiger partial charge >= 0.3 is 0 Å². The lowest BCUT2D eigenvalue weighted by Crippen LogP contribution is -2.06. The molecule has 10 rings (SSSR count). The van der Waals surface area contributed by atoms with Gasteiger partial charge in [0, 0.05) is 48.3 Å². The van der Waals surface area contributed by atoms with Crippen molar-refractivity contribution >= 4 is 44.6 Å². The van der Waals surface area contributed by atoms with Crippen molar-refractivity contribution in [1.29, 1.82) is 0 Å². The van der Waals surface area contributed by atoms with Crippen molar-refractivity contribution in [2.24, 2.45) is 0 Å². The van der Waals surface area contributed by atoms with Gasteiger partial charge < -0.3 is 0 Å². The van der Waals surface area contributed by atoms with E-state index in [1.165, 1.54) is 37.2 Å². The van der Waals surface area contributed by atoms with Crippen LogP contribution >= 0.6 is 11.8 Å². The molecule has 3 aromatic heterocycles. The Labute approximate surface area is 274 Å². The molecule has 4 heterocycles. The van der Waals surface area contributed by atoms with Crippen LogP contribution in [-0.4, -0.2) is 24.1 Å². The van der Waals surface area contributed by atoms with Crippen LogP contribution in [0.2, 0.25) is 0 Å². The Kier molecular flexibility index (Phi) is 5.74. The van der Waals surface area contributed by atoms with Crippen molar-refractivity contribution in [2.75, 3.05) is 0 Å². The van der Waals surface area contributed by atoms with Gasteiger partial charge in [0.1, 0.15) is 5.65 Å². The zero-order valence-electron chi connectivity index (χ0n) is 25.1. The monoisotopic (exact) mass is 619 g/mol. The standard InChI is InChI=1S/C41H25N5S/c1-3-13-26(14-4-1)38-42-39(27-15-5-2-6-16-27)44-40(43-38)28-17-11-18-29(25-28)45-32-21-8-7-19-30(32)36-31-20-12-24-35-37(31)46(41(36)45)33-22-9-10-23-34(33)47-35/h1-25H. The van der Waals surface area contributed by atoms with E-state index in [9.17, 15) is 0 Å². The Morgan fingerprint density at radius 2 is 1.02 bits per heavy atom. The summed E-state index contributed by atoms with van der Waals surface area (Å²) in [6.07, 6.45) is 0. The third kappa shape index (κ3) is 4.02. The third-order valence-electron chi connectivity index (χ3n) is 8.94. The van der Waals surface area contributed by atoms with Crippen molar-refractivity contribution < 1.29 is 0 Å². The first kappa shape index (κ1) is 26.3. The van der Waals surface area contributed by atoms with E-state index in [0.29, 0.717) is 17.5 Å². The van der Waals surface area contributed by atoms with E-state index in [-0.39, 0.29) is 0 Å². The summed E-state index contributed by atoms with van der Waals surface area (Å²) in [5.41, 5.74) is 8.66. The summed E-state index contributed by atoms with van der Waals surface area (Å²) in [5, 5.41) is 3.76. The second-order valence-electron chi connectivity index (χ2n) is 11.7. The fraction of sp³-hybridized carbons (Fsp3) is 0. The van der Waals surface area contributed by atoms with Gasteiger partial charge in [-0.25, -0.2) is 15.0 Å². The first-order valence-corrected chi connectivity index (χ1v) is 16.4. The molecule has 5 nitrogen and oxygen atoms in total. The van der Waals surface area contributed by atoms with Crippen LogP contribution in [0.1, 0.15) is 0 Å². The molecule has 0 spiro atoms. The van der Waals surface area contributed by atoms with Crippen LogP contribution in [-0.2, 0) is 0 Å². The van der Waals surface area contributed by atoms with Crippen molar-refractivity contribution in [2.45, 2.75) is 9.79 Å². The van der Waals surface area contributed by atoms with E-state index in [2.05, 4.69) is 100 Å². The predicted octanol–water partition coefficient (Wildman–Crippen LogP) is 10.4. The van der Waals surface area contributed by atoms with Gasteiger partial charge in [-0.1, -0.05) is 127 Å². The minimum Gasteiger partial charge on any atom is -0.295 e. The van der Waals surface area contributed by atoms with Crippen LogP contribution in [0.3, 0.4) is 0 Å². The van der Waals surface area contributed by atoms with E-state index < -0.39 is 0 Å². The highest BCUT2D eigenvalue weighted by molar-refractivity contribution is 7.99. The Hall–Kier alpha value is -5.98. The molecule has 220 valence electrons. The number of fused-ring (bicyclic) bond motifs is 7. The van der Waals surface area contributed by atoms with E-state index >= 15 is 0 Å². The van der Waals surface area contributed by atoms with Crippen molar-refractivity contribution in [3.05, 3.63) is 152 Å². The van der Waals surface area contributed by atoms with Crippen LogP contribution < -0.4 is 0 Å². The highest BCUT2D eigenvalue weighted by Crippen LogP contribution is 2.49. The van der Waals surface area contributed by atoms with Crippen molar-refractivity contribution in [3.8, 4) is 45.5 Å². The molecule has 0 saturated heterocycles. The topological polar surface area (TPSA) is 48.5 Å². The van der Waals surface area contributed by atoms with Crippen molar-refractivity contribution in [3.63, 3.8) is 0 Å². The molecule has 0 fully saturated rings. The van der Waals surface area contributed by atoms with Crippen LogP contribution in [0.15, 0.2) is 161 Å². The summed E-state index contributed by atoms with van der Waals surface area (Å²) in [6, 6.07) is 52.9.